The van der Waals surface area contributed by atoms with Crippen molar-refractivity contribution in [3.8, 4) is 0 Å². The third-order valence-corrected chi connectivity index (χ3v) is 6.12. The largest absolute Gasteiger partial charge is 0.372 e. The molecule has 0 saturated carbocycles. The van der Waals surface area contributed by atoms with Gasteiger partial charge in [0.25, 0.3) is 0 Å². The molecule has 2 aromatic carbocycles. The predicted octanol–water partition coefficient (Wildman–Crippen LogP) is 2.59. The number of anilines is 1. The normalized spacial score (nSPS) is 11.1. The van der Waals surface area contributed by atoms with E-state index in [9.17, 15) is 18.0 Å². The molecule has 1 amide bonds. The third kappa shape index (κ3) is 7.27. The summed E-state index contributed by atoms with van der Waals surface area (Å²) in [6.07, 6.45) is 0.851. The summed E-state index contributed by atoms with van der Waals surface area (Å²) in [6, 6.07) is 15.8. The van der Waals surface area contributed by atoms with Crippen LogP contribution in [-0.4, -0.2) is 46.3 Å². The lowest BCUT2D eigenvalue weighted by Gasteiger charge is -2.23. The zero-order chi connectivity index (χ0) is 22.0. The summed E-state index contributed by atoms with van der Waals surface area (Å²) >= 11 is 0. The first-order valence-corrected chi connectivity index (χ1v) is 11.5. The van der Waals surface area contributed by atoms with Gasteiger partial charge in [0.1, 0.15) is 0 Å². The topological polar surface area (TPSA) is 95.6 Å². The van der Waals surface area contributed by atoms with Crippen molar-refractivity contribution >= 4 is 27.4 Å². The second-order valence-corrected chi connectivity index (χ2v) is 8.61. The maximum Gasteiger partial charge on any atom is 0.240 e. The highest BCUT2D eigenvalue weighted by Crippen LogP contribution is 2.13. The maximum atomic E-state index is 12.3. The van der Waals surface area contributed by atoms with Gasteiger partial charge in [-0.1, -0.05) is 30.3 Å². The Labute approximate surface area is 178 Å². The van der Waals surface area contributed by atoms with Crippen molar-refractivity contribution in [2.45, 2.75) is 31.6 Å². The van der Waals surface area contributed by atoms with Gasteiger partial charge in [0.05, 0.1) is 4.90 Å². The summed E-state index contributed by atoms with van der Waals surface area (Å²) in [5, 5.41) is 2.82. The molecule has 0 aliphatic carbocycles. The highest BCUT2D eigenvalue weighted by Gasteiger charge is 2.14. The fourth-order valence-electron chi connectivity index (χ4n) is 2.95. The molecule has 0 unspecified atom stereocenters. The van der Waals surface area contributed by atoms with Crippen LogP contribution in [0.15, 0.2) is 59.5 Å². The van der Waals surface area contributed by atoms with E-state index in [4.69, 9.17) is 0 Å². The average Bonchev–Trinajstić information content (AvgIpc) is 2.74. The van der Waals surface area contributed by atoms with Crippen LogP contribution in [-0.2, 0) is 14.8 Å². The monoisotopic (exact) mass is 431 g/mol. The molecule has 0 heterocycles. The van der Waals surface area contributed by atoms with Crippen molar-refractivity contribution in [2.24, 2.45) is 0 Å². The fourth-order valence-corrected chi connectivity index (χ4v) is 3.98. The van der Waals surface area contributed by atoms with E-state index in [1.54, 1.807) is 0 Å². The molecule has 2 N–H and O–H groups in total. The second kappa shape index (κ2) is 11.5. The molecule has 0 aliphatic heterocycles. The zero-order valence-electron chi connectivity index (χ0n) is 17.4. The average molecular weight is 432 g/mol. The minimum atomic E-state index is -3.72. The zero-order valence-corrected chi connectivity index (χ0v) is 18.2. The van der Waals surface area contributed by atoms with E-state index < -0.39 is 10.0 Å². The Morgan fingerprint density at radius 2 is 1.63 bits per heavy atom. The summed E-state index contributed by atoms with van der Waals surface area (Å²) in [7, 11) is -3.72. The molecule has 162 valence electrons. The first kappa shape index (κ1) is 23.6. The van der Waals surface area contributed by atoms with Gasteiger partial charge in [-0.15, -0.1) is 0 Å². The van der Waals surface area contributed by atoms with Gasteiger partial charge in [0, 0.05) is 43.9 Å². The Kier molecular flexibility index (Phi) is 9.01. The quantitative estimate of drug-likeness (QED) is 0.398. The lowest BCUT2D eigenvalue weighted by Crippen LogP contribution is -2.33. The number of nitrogens with zero attached hydrogens (tertiary/aromatic N) is 1. The molecular formula is C22H29N3O4S. The van der Waals surface area contributed by atoms with Gasteiger partial charge in [-0.2, -0.15) is 0 Å². The Hall–Kier alpha value is -2.71. The van der Waals surface area contributed by atoms with Crippen molar-refractivity contribution < 1.29 is 18.0 Å². The van der Waals surface area contributed by atoms with Gasteiger partial charge in [-0.25, -0.2) is 13.1 Å². The number of hydrogen-bond acceptors (Lipinski definition) is 5. The van der Waals surface area contributed by atoms with E-state index in [1.165, 1.54) is 31.2 Å². The van der Waals surface area contributed by atoms with Gasteiger partial charge in [0.15, 0.2) is 5.78 Å². The Bertz CT molecular complexity index is 929. The van der Waals surface area contributed by atoms with Crippen LogP contribution in [0.25, 0.3) is 0 Å². The molecule has 0 fully saturated rings. The van der Waals surface area contributed by atoms with Crippen molar-refractivity contribution in [3.63, 3.8) is 0 Å². The lowest BCUT2D eigenvalue weighted by atomic mass is 10.2. The third-order valence-electron chi connectivity index (χ3n) is 4.65. The van der Waals surface area contributed by atoms with Crippen LogP contribution < -0.4 is 14.9 Å². The molecule has 2 rings (SSSR count). The number of ketones is 1. The van der Waals surface area contributed by atoms with Crippen molar-refractivity contribution in [1.82, 2.24) is 10.0 Å². The predicted molar refractivity (Wildman–Crippen MR) is 118 cm³/mol. The van der Waals surface area contributed by atoms with E-state index in [1.807, 2.05) is 18.2 Å². The number of nitrogens with one attached hydrogen (secondary N) is 2. The molecule has 30 heavy (non-hydrogen) atoms. The molecule has 0 spiro atoms. The van der Waals surface area contributed by atoms with Crippen LogP contribution in [0.2, 0.25) is 0 Å². The van der Waals surface area contributed by atoms with E-state index >= 15 is 0 Å². The van der Waals surface area contributed by atoms with Gasteiger partial charge in [-0.3, -0.25) is 9.59 Å². The summed E-state index contributed by atoms with van der Waals surface area (Å²) in [4.78, 5) is 25.5. The Morgan fingerprint density at radius 1 is 0.967 bits per heavy atom. The Balaban J connectivity index is 1.69. The highest BCUT2D eigenvalue weighted by molar-refractivity contribution is 7.89. The minimum absolute atomic E-state index is 0.00767. The summed E-state index contributed by atoms with van der Waals surface area (Å²) in [5.41, 5.74) is 1.60. The van der Waals surface area contributed by atoms with Gasteiger partial charge >= 0.3 is 0 Å². The van der Waals surface area contributed by atoms with Crippen molar-refractivity contribution in [3.05, 3.63) is 60.2 Å². The summed E-state index contributed by atoms with van der Waals surface area (Å²) in [5.74, 6) is -0.332. The van der Waals surface area contributed by atoms with Crippen LogP contribution in [0.4, 0.5) is 5.69 Å². The van der Waals surface area contributed by atoms with E-state index in [2.05, 4.69) is 34.0 Å². The molecule has 0 saturated heterocycles. The fraction of sp³-hybridized carbons (Fsp3) is 0.364. The number of rotatable bonds is 12. The van der Waals surface area contributed by atoms with E-state index in [0.717, 1.165) is 25.2 Å². The van der Waals surface area contributed by atoms with Crippen LogP contribution in [0.5, 0.6) is 0 Å². The molecule has 0 atom stereocenters. The highest BCUT2D eigenvalue weighted by atomic mass is 32.2. The molecule has 2 aromatic rings. The molecule has 0 aromatic heterocycles. The van der Waals surface area contributed by atoms with Gasteiger partial charge in [-0.05, 0) is 44.5 Å². The minimum Gasteiger partial charge on any atom is -0.372 e. The number of hydrogen-bond donors (Lipinski definition) is 2. The van der Waals surface area contributed by atoms with Crippen molar-refractivity contribution in [2.75, 3.05) is 31.1 Å². The van der Waals surface area contributed by atoms with Gasteiger partial charge in [0.2, 0.25) is 15.9 Å². The molecule has 0 aliphatic rings. The molecule has 7 nitrogen and oxygen atoms in total. The SMILES string of the molecule is CCN(CCCNC(=O)CCNS(=O)(=O)c1ccc(C(C)=O)cc1)c1ccccc1. The van der Waals surface area contributed by atoms with E-state index in [-0.39, 0.29) is 29.6 Å². The molecular weight excluding hydrogens is 402 g/mol. The summed E-state index contributed by atoms with van der Waals surface area (Å²) < 4.78 is 26.9. The number of amides is 1. The number of carbonyl (C=O) groups is 2. The lowest BCUT2D eigenvalue weighted by molar-refractivity contribution is -0.120. The Morgan fingerprint density at radius 3 is 2.23 bits per heavy atom. The standard InChI is InChI=1S/C22H29N3O4S/c1-3-25(20-8-5-4-6-9-20)17-7-15-23-22(27)14-16-24-30(28,29)21-12-10-19(11-13-21)18(2)26/h4-6,8-13,24H,3,7,14-17H2,1-2H3,(H,23,27). The molecule has 0 radical (unpaired) electrons. The van der Waals surface area contributed by atoms with Crippen LogP contribution >= 0.6 is 0 Å². The summed E-state index contributed by atoms with van der Waals surface area (Å²) in [6.45, 7) is 5.75. The maximum absolute atomic E-state index is 12.3. The van der Waals surface area contributed by atoms with Crippen LogP contribution in [0.1, 0.15) is 37.0 Å². The number of para-hydroxylation sites is 1. The van der Waals surface area contributed by atoms with Crippen molar-refractivity contribution in [1.29, 1.82) is 0 Å². The van der Waals surface area contributed by atoms with E-state index in [0.29, 0.717) is 12.1 Å². The van der Waals surface area contributed by atoms with Gasteiger partial charge < -0.3 is 10.2 Å². The van der Waals surface area contributed by atoms with Crippen LogP contribution in [0, 0.1) is 0 Å². The number of benzene rings is 2. The molecule has 0 bridgehead atoms. The van der Waals surface area contributed by atoms with Crippen LogP contribution in [0.3, 0.4) is 0 Å². The second-order valence-electron chi connectivity index (χ2n) is 6.85. The molecule has 8 heteroatoms. The number of Topliss-reactive ketones (excluding diaryl/α,β-unsaturated/α-hetero) is 1. The number of sulfonamides is 1. The first-order valence-electron chi connectivity index (χ1n) is 10.0. The number of carbonyl (C=O) groups excluding carboxylic acids is 2. The smallest absolute Gasteiger partial charge is 0.240 e. The first-order chi connectivity index (χ1) is 14.3.